The first-order valence-corrected chi connectivity index (χ1v) is 6.51. The van der Waals surface area contributed by atoms with E-state index < -0.39 is 6.04 Å². The van der Waals surface area contributed by atoms with Crippen LogP contribution in [0.5, 0.6) is 0 Å². The van der Waals surface area contributed by atoms with E-state index in [2.05, 4.69) is 20.7 Å². The van der Waals surface area contributed by atoms with Crippen LogP contribution >= 0.6 is 15.9 Å². The topological polar surface area (TPSA) is 46.6 Å². The number of rotatable bonds is 2. The number of fused-ring (bicyclic) bond motifs is 1. The van der Waals surface area contributed by atoms with Gasteiger partial charge in [0.1, 0.15) is 6.04 Å². The van der Waals surface area contributed by atoms with Crippen molar-refractivity contribution in [1.29, 1.82) is 0 Å². The van der Waals surface area contributed by atoms with Gasteiger partial charge >= 0.3 is 5.97 Å². The standard InChI is InChI=1S/C13H14BrNO3/c1-8(13(17)18-2)15-6-5-9-7-10(14)3-4-11(9)12(15)16/h3-4,7-8H,5-6H2,1-2H3. The predicted molar refractivity (Wildman–Crippen MR) is 70.4 cm³/mol. The van der Waals surface area contributed by atoms with Crippen LogP contribution in [0.15, 0.2) is 22.7 Å². The minimum absolute atomic E-state index is 0.110. The maximum absolute atomic E-state index is 12.3. The van der Waals surface area contributed by atoms with E-state index in [0.29, 0.717) is 12.1 Å². The number of halogens is 1. The zero-order valence-corrected chi connectivity index (χ0v) is 11.9. The molecule has 0 bridgehead atoms. The third-order valence-corrected chi connectivity index (χ3v) is 3.68. The van der Waals surface area contributed by atoms with Crippen LogP contribution < -0.4 is 0 Å². The fraction of sp³-hybridized carbons (Fsp3) is 0.385. The van der Waals surface area contributed by atoms with Crippen molar-refractivity contribution in [3.8, 4) is 0 Å². The van der Waals surface area contributed by atoms with E-state index in [4.69, 9.17) is 0 Å². The van der Waals surface area contributed by atoms with E-state index in [1.165, 1.54) is 7.11 Å². The first kappa shape index (κ1) is 13.1. The van der Waals surface area contributed by atoms with E-state index in [1.54, 1.807) is 17.9 Å². The molecule has 2 rings (SSSR count). The summed E-state index contributed by atoms with van der Waals surface area (Å²) >= 11 is 3.39. The summed E-state index contributed by atoms with van der Waals surface area (Å²) < 4.78 is 5.64. The molecule has 18 heavy (non-hydrogen) atoms. The molecule has 1 unspecified atom stereocenters. The summed E-state index contributed by atoms with van der Waals surface area (Å²) in [5, 5.41) is 0. The number of carbonyl (C=O) groups excluding carboxylic acids is 2. The summed E-state index contributed by atoms with van der Waals surface area (Å²) in [4.78, 5) is 25.3. The van der Waals surface area contributed by atoms with E-state index in [9.17, 15) is 9.59 Å². The second kappa shape index (κ2) is 5.10. The van der Waals surface area contributed by atoms with Crippen LogP contribution in [-0.2, 0) is 16.0 Å². The Bertz CT molecular complexity index is 501. The van der Waals surface area contributed by atoms with Crippen LogP contribution in [0.3, 0.4) is 0 Å². The molecule has 1 heterocycles. The number of amides is 1. The second-order valence-corrected chi connectivity index (χ2v) is 5.16. The van der Waals surface area contributed by atoms with Gasteiger partial charge in [0, 0.05) is 16.6 Å². The Morgan fingerprint density at radius 3 is 2.89 bits per heavy atom. The van der Waals surface area contributed by atoms with Crippen molar-refractivity contribution in [2.75, 3.05) is 13.7 Å². The van der Waals surface area contributed by atoms with Gasteiger partial charge in [0.25, 0.3) is 5.91 Å². The second-order valence-electron chi connectivity index (χ2n) is 4.25. The molecular weight excluding hydrogens is 298 g/mol. The smallest absolute Gasteiger partial charge is 0.328 e. The number of benzene rings is 1. The molecule has 1 atom stereocenters. The summed E-state index contributed by atoms with van der Waals surface area (Å²) in [6, 6.07) is 5.04. The number of carbonyl (C=O) groups is 2. The number of esters is 1. The summed E-state index contributed by atoms with van der Waals surface area (Å²) in [5.74, 6) is -0.495. The van der Waals surface area contributed by atoms with Crippen molar-refractivity contribution in [2.45, 2.75) is 19.4 Å². The highest BCUT2D eigenvalue weighted by molar-refractivity contribution is 9.10. The van der Waals surface area contributed by atoms with Gasteiger partial charge in [0.05, 0.1) is 7.11 Å². The largest absolute Gasteiger partial charge is 0.467 e. The Balaban J connectivity index is 2.28. The average molecular weight is 312 g/mol. The molecule has 0 saturated heterocycles. The lowest BCUT2D eigenvalue weighted by Gasteiger charge is -2.32. The van der Waals surface area contributed by atoms with Gasteiger partial charge < -0.3 is 9.64 Å². The molecule has 0 radical (unpaired) electrons. The quantitative estimate of drug-likeness (QED) is 0.785. The van der Waals surface area contributed by atoms with Crippen LogP contribution in [0.2, 0.25) is 0 Å². The van der Waals surface area contributed by atoms with Gasteiger partial charge in [0.2, 0.25) is 0 Å². The molecule has 0 aromatic heterocycles. The Kier molecular flexibility index (Phi) is 3.71. The summed E-state index contributed by atoms with van der Waals surface area (Å²) in [6.45, 7) is 2.23. The molecule has 1 amide bonds. The third-order valence-electron chi connectivity index (χ3n) is 3.19. The molecule has 0 spiro atoms. The van der Waals surface area contributed by atoms with Crippen molar-refractivity contribution in [2.24, 2.45) is 0 Å². The van der Waals surface area contributed by atoms with Crippen LogP contribution in [0, 0.1) is 0 Å². The van der Waals surface area contributed by atoms with Crippen LogP contribution in [-0.4, -0.2) is 36.5 Å². The fourth-order valence-corrected chi connectivity index (χ4v) is 2.55. The normalized spacial score (nSPS) is 16.2. The number of hydrogen-bond acceptors (Lipinski definition) is 3. The Morgan fingerprint density at radius 1 is 1.50 bits per heavy atom. The van der Waals surface area contributed by atoms with Gasteiger partial charge in [-0.1, -0.05) is 15.9 Å². The minimum Gasteiger partial charge on any atom is -0.467 e. The van der Waals surface area contributed by atoms with E-state index >= 15 is 0 Å². The number of methoxy groups -OCH3 is 1. The van der Waals surface area contributed by atoms with Crippen molar-refractivity contribution in [3.63, 3.8) is 0 Å². The monoisotopic (exact) mass is 311 g/mol. The highest BCUT2D eigenvalue weighted by atomic mass is 79.9. The van der Waals surface area contributed by atoms with Crippen molar-refractivity contribution < 1.29 is 14.3 Å². The van der Waals surface area contributed by atoms with Crippen LogP contribution in [0.1, 0.15) is 22.8 Å². The molecule has 5 heteroatoms. The van der Waals surface area contributed by atoms with E-state index in [-0.39, 0.29) is 11.9 Å². The van der Waals surface area contributed by atoms with Crippen molar-refractivity contribution >= 4 is 27.8 Å². The summed E-state index contributed by atoms with van der Waals surface area (Å²) in [6.07, 6.45) is 0.752. The van der Waals surface area contributed by atoms with Gasteiger partial charge in [-0.05, 0) is 37.1 Å². The Morgan fingerprint density at radius 2 is 2.22 bits per heavy atom. The zero-order valence-electron chi connectivity index (χ0n) is 10.3. The first-order chi connectivity index (χ1) is 8.54. The molecule has 1 aliphatic rings. The lowest BCUT2D eigenvalue weighted by atomic mass is 9.98. The molecule has 1 aromatic rings. The van der Waals surface area contributed by atoms with Gasteiger partial charge in [-0.2, -0.15) is 0 Å². The molecule has 0 fully saturated rings. The molecule has 0 N–H and O–H groups in total. The molecule has 0 aliphatic carbocycles. The number of hydrogen-bond donors (Lipinski definition) is 0. The van der Waals surface area contributed by atoms with Crippen molar-refractivity contribution in [1.82, 2.24) is 4.90 Å². The zero-order chi connectivity index (χ0) is 13.3. The van der Waals surface area contributed by atoms with Crippen LogP contribution in [0.4, 0.5) is 0 Å². The molecule has 0 saturated carbocycles. The van der Waals surface area contributed by atoms with Gasteiger partial charge in [0.15, 0.2) is 0 Å². The average Bonchev–Trinajstić information content (AvgIpc) is 2.37. The predicted octanol–water partition coefficient (Wildman–Crippen LogP) is 2.01. The summed E-state index contributed by atoms with van der Waals surface area (Å²) in [5.41, 5.74) is 1.68. The third kappa shape index (κ3) is 2.27. The van der Waals surface area contributed by atoms with Gasteiger partial charge in [-0.3, -0.25) is 4.79 Å². The molecular formula is C13H14BrNO3. The fourth-order valence-electron chi connectivity index (χ4n) is 2.14. The van der Waals surface area contributed by atoms with Gasteiger partial charge in [-0.15, -0.1) is 0 Å². The SMILES string of the molecule is COC(=O)C(C)N1CCc2cc(Br)ccc2C1=O. The lowest BCUT2D eigenvalue weighted by molar-refractivity contribution is -0.145. The molecule has 4 nitrogen and oxygen atoms in total. The lowest BCUT2D eigenvalue weighted by Crippen LogP contribution is -2.47. The summed E-state index contributed by atoms with van der Waals surface area (Å²) in [7, 11) is 1.33. The Labute approximate surface area is 114 Å². The Hall–Kier alpha value is -1.36. The molecule has 96 valence electrons. The van der Waals surface area contributed by atoms with Crippen molar-refractivity contribution in [3.05, 3.63) is 33.8 Å². The van der Waals surface area contributed by atoms with Crippen LogP contribution in [0.25, 0.3) is 0 Å². The highest BCUT2D eigenvalue weighted by Gasteiger charge is 2.31. The molecule has 1 aliphatic heterocycles. The number of nitrogens with zero attached hydrogens (tertiary/aromatic N) is 1. The molecule has 1 aromatic carbocycles. The first-order valence-electron chi connectivity index (χ1n) is 5.72. The number of ether oxygens (including phenoxy) is 1. The highest BCUT2D eigenvalue weighted by Crippen LogP contribution is 2.24. The van der Waals surface area contributed by atoms with Gasteiger partial charge in [-0.25, -0.2) is 4.79 Å². The maximum atomic E-state index is 12.3. The minimum atomic E-state index is -0.542. The van der Waals surface area contributed by atoms with E-state index in [0.717, 1.165) is 16.5 Å². The van der Waals surface area contributed by atoms with E-state index in [1.807, 2.05) is 12.1 Å². The maximum Gasteiger partial charge on any atom is 0.328 e.